The van der Waals surface area contributed by atoms with Gasteiger partial charge in [0.1, 0.15) is 10.2 Å². The van der Waals surface area contributed by atoms with Crippen molar-refractivity contribution in [3.63, 3.8) is 0 Å². The summed E-state index contributed by atoms with van der Waals surface area (Å²) in [7, 11) is 0. The van der Waals surface area contributed by atoms with E-state index in [9.17, 15) is 9.59 Å². The first-order chi connectivity index (χ1) is 10.1. The summed E-state index contributed by atoms with van der Waals surface area (Å²) < 4.78 is 5.16. The number of nitrogens with one attached hydrogen (secondary N) is 1. The summed E-state index contributed by atoms with van der Waals surface area (Å²) in [5.41, 5.74) is 0.285. The van der Waals surface area contributed by atoms with Crippen molar-refractivity contribution in [1.82, 2.24) is 15.2 Å². The van der Waals surface area contributed by atoms with Gasteiger partial charge in [0, 0.05) is 32.6 Å². The molecule has 7 heteroatoms. The van der Waals surface area contributed by atoms with Crippen molar-refractivity contribution < 1.29 is 9.21 Å². The molecule has 0 saturated carbocycles. The van der Waals surface area contributed by atoms with Gasteiger partial charge in [0.05, 0.1) is 4.88 Å². The summed E-state index contributed by atoms with van der Waals surface area (Å²) in [5, 5.41) is 3.66. The third-order valence-electron chi connectivity index (χ3n) is 3.67. The standard InChI is InChI=1S/C14H17N3O3S/c1-3-9-16-12-10(14(19)20-9)8(2)11(21-12)13(18)17-6-4-15-5-7-17/h15H,3-7H2,1-2H3. The van der Waals surface area contributed by atoms with Gasteiger partial charge in [-0.1, -0.05) is 6.92 Å². The van der Waals surface area contributed by atoms with E-state index < -0.39 is 5.63 Å². The Balaban J connectivity index is 2.07. The second-order valence-electron chi connectivity index (χ2n) is 5.03. The number of fused-ring (bicyclic) bond motifs is 1. The maximum atomic E-state index is 12.6. The molecular formula is C14H17N3O3S. The van der Waals surface area contributed by atoms with E-state index >= 15 is 0 Å². The van der Waals surface area contributed by atoms with Gasteiger partial charge >= 0.3 is 5.63 Å². The highest BCUT2D eigenvalue weighted by atomic mass is 32.1. The van der Waals surface area contributed by atoms with Crippen molar-refractivity contribution in [2.45, 2.75) is 20.3 Å². The van der Waals surface area contributed by atoms with E-state index in [1.165, 1.54) is 11.3 Å². The summed E-state index contributed by atoms with van der Waals surface area (Å²) >= 11 is 1.29. The van der Waals surface area contributed by atoms with Gasteiger partial charge < -0.3 is 14.6 Å². The number of amides is 1. The van der Waals surface area contributed by atoms with Crippen LogP contribution in [0.1, 0.15) is 28.0 Å². The molecule has 3 rings (SSSR count). The summed E-state index contributed by atoms with van der Waals surface area (Å²) in [6.07, 6.45) is 0.559. The number of piperazine rings is 1. The molecule has 0 atom stereocenters. The Kier molecular flexibility index (Phi) is 3.77. The van der Waals surface area contributed by atoms with E-state index in [-0.39, 0.29) is 5.91 Å². The molecule has 6 nitrogen and oxygen atoms in total. The summed E-state index contributed by atoms with van der Waals surface area (Å²) in [5.74, 6) is 0.393. The number of hydrogen-bond donors (Lipinski definition) is 1. The van der Waals surface area contributed by atoms with E-state index in [4.69, 9.17) is 4.42 Å². The van der Waals surface area contributed by atoms with Gasteiger partial charge in [-0.3, -0.25) is 4.79 Å². The van der Waals surface area contributed by atoms with Crippen LogP contribution < -0.4 is 10.9 Å². The van der Waals surface area contributed by atoms with Crippen molar-refractivity contribution in [1.29, 1.82) is 0 Å². The Morgan fingerprint density at radius 2 is 2.14 bits per heavy atom. The average molecular weight is 307 g/mol. The molecule has 3 heterocycles. The van der Waals surface area contributed by atoms with Gasteiger partial charge in [-0.2, -0.15) is 0 Å². The molecule has 1 amide bonds. The molecule has 0 radical (unpaired) electrons. The van der Waals surface area contributed by atoms with E-state index in [1.807, 2.05) is 11.8 Å². The monoisotopic (exact) mass is 307 g/mol. The van der Waals surface area contributed by atoms with Gasteiger partial charge in [-0.15, -0.1) is 11.3 Å². The molecule has 1 aliphatic rings. The van der Waals surface area contributed by atoms with E-state index in [0.717, 1.165) is 13.1 Å². The summed E-state index contributed by atoms with van der Waals surface area (Å²) in [6.45, 7) is 6.65. The van der Waals surface area contributed by atoms with E-state index in [0.29, 0.717) is 46.1 Å². The van der Waals surface area contributed by atoms with Gasteiger partial charge in [0.2, 0.25) is 0 Å². The van der Waals surface area contributed by atoms with Crippen LogP contribution in [0.3, 0.4) is 0 Å². The van der Waals surface area contributed by atoms with Crippen LogP contribution in [0.15, 0.2) is 9.21 Å². The minimum absolute atomic E-state index is 0.0190. The van der Waals surface area contributed by atoms with Gasteiger partial charge in [-0.05, 0) is 12.5 Å². The average Bonchev–Trinajstić information content (AvgIpc) is 2.84. The number of carbonyl (C=O) groups excluding carboxylic acids is 1. The fourth-order valence-electron chi connectivity index (χ4n) is 2.48. The minimum Gasteiger partial charge on any atom is -0.408 e. The van der Waals surface area contributed by atoms with Gasteiger partial charge in [-0.25, -0.2) is 9.78 Å². The van der Waals surface area contributed by atoms with Crippen molar-refractivity contribution >= 4 is 27.5 Å². The molecule has 0 aromatic carbocycles. The Morgan fingerprint density at radius 1 is 1.43 bits per heavy atom. The van der Waals surface area contributed by atoms with Crippen LogP contribution in [0.2, 0.25) is 0 Å². The highest BCUT2D eigenvalue weighted by Crippen LogP contribution is 2.28. The van der Waals surface area contributed by atoms with Crippen LogP contribution >= 0.6 is 11.3 Å². The van der Waals surface area contributed by atoms with Gasteiger partial charge in [0.15, 0.2) is 5.89 Å². The fourth-order valence-corrected chi connectivity index (χ4v) is 3.63. The Hall–Kier alpha value is -1.73. The maximum Gasteiger partial charge on any atom is 0.348 e. The summed E-state index contributed by atoms with van der Waals surface area (Å²) in [6, 6.07) is 0. The lowest BCUT2D eigenvalue weighted by molar-refractivity contribution is 0.0740. The predicted octanol–water partition coefficient (Wildman–Crippen LogP) is 1.17. The SMILES string of the molecule is CCc1nc2sc(C(=O)N3CCNCC3)c(C)c2c(=O)o1. The first-order valence-electron chi connectivity index (χ1n) is 7.05. The topological polar surface area (TPSA) is 75.4 Å². The van der Waals surface area contributed by atoms with Crippen LogP contribution in [0.4, 0.5) is 0 Å². The third kappa shape index (κ3) is 2.47. The van der Waals surface area contributed by atoms with Crippen molar-refractivity contribution in [3.8, 4) is 0 Å². The lowest BCUT2D eigenvalue weighted by Gasteiger charge is -2.27. The molecule has 0 spiro atoms. The second kappa shape index (κ2) is 5.57. The van der Waals surface area contributed by atoms with Crippen LogP contribution in [0, 0.1) is 6.92 Å². The van der Waals surface area contributed by atoms with E-state index in [1.54, 1.807) is 6.92 Å². The maximum absolute atomic E-state index is 12.6. The number of carbonyl (C=O) groups is 1. The number of thiophene rings is 1. The fraction of sp³-hybridized carbons (Fsp3) is 0.500. The lowest BCUT2D eigenvalue weighted by Crippen LogP contribution is -2.46. The smallest absolute Gasteiger partial charge is 0.348 e. The molecule has 0 unspecified atom stereocenters. The number of aryl methyl sites for hydroxylation is 2. The van der Waals surface area contributed by atoms with Crippen LogP contribution in [0.5, 0.6) is 0 Å². The van der Waals surface area contributed by atoms with Crippen molar-refractivity contribution in [2.24, 2.45) is 0 Å². The highest BCUT2D eigenvalue weighted by Gasteiger charge is 2.24. The highest BCUT2D eigenvalue weighted by molar-refractivity contribution is 7.20. The molecule has 1 N–H and O–H groups in total. The third-order valence-corrected chi connectivity index (χ3v) is 4.84. The van der Waals surface area contributed by atoms with Crippen LogP contribution in [-0.2, 0) is 6.42 Å². The zero-order valence-corrected chi connectivity index (χ0v) is 12.9. The molecule has 0 aliphatic carbocycles. The zero-order valence-electron chi connectivity index (χ0n) is 12.1. The molecule has 2 aromatic rings. The largest absolute Gasteiger partial charge is 0.408 e. The Labute approximate surface area is 125 Å². The van der Waals surface area contributed by atoms with Crippen LogP contribution in [-0.4, -0.2) is 42.0 Å². The minimum atomic E-state index is -0.398. The Morgan fingerprint density at radius 3 is 2.81 bits per heavy atom. The molecule has 1 fully saturated rings. The number of rotatable bonds is 2. The van der Waals surface area contributed by atoms with Crippen molar-refractivity contribution in [3.05, 3.63) is 26.8 Å². The first kappa shape index (κ1) is 14.2. The first-order valence-corrected chi connectivity index (χ1v) is 7.86. The molecule has 2 aromatic heterocycles. The lowest BCUT2D eigenvalue weighted by atomic mass is 10.2. The molecule has 1 saturated heterocycles. The molecule has 1 aliphatic heterocycles. The van der Waals surface area contributed by atoms with Gasteiger partial charge in [0.25, 0.3) is 5.91 Å². The quantitative estimate of drug-likeness (QED) is 0.901. The summed E-state index contributed by atoms with van der Waals surface area (Å²) in [4.78, 5) is 32.0. The number of nitrogens with zero attached hydrogens (tertiary/aromatic N) is 2. The Bertz CT molecular complexity index is 744. The second-order valence-corrected chi connectivity index (χ2v) is 6.03. The zero-order chi connectivity index (χ0) is 15.0. The number of aromatic nitrogens is 1. The number of hydrogen-bond acceptors (Lipinski definition) is 6. The van der Waals surface area contributed by atoms with Crippen LogP contribution in [0.25, 0.3) is 10.2 Å². The predicted molar refractivity (Wildman–Crippen MR) is 81.0 cm³/mol. The molecule has 0 bridgehead atoms. The molecular weight excluding hydrogens is 290 g/mol. The van der Waals surface area contributed by atoms with E-state index in [2.05, 4.69) is 10.3 Å². The molecule has 21 heavy (non-hydrogen) atoms. The normalized spacial score (nSPS) is 15.6. The van der Waals surface area contributed by atoms with Crippen molar-refractivity contribution in [2.75, 3.05) is 26.2 Å². The molecule has 112 valence electrons.